The lowest BCUT2D eigenvalue weighted by Crippen LogP contribution is -2.42. The number of nitrogens with zero attached hydrogens (tertiary/aromatic N) is 6. The van der Waals surface area contributed by atoms with Crippen LogP contribution in [0.25, 0.3) is 17.1 Å². The van der Waals surface area contributed by atoms with Crippen molar-refractivity contribution >= 4 is 41.2 Å². The van der Waals surface area contributed by atoms with E-state index in [1.54, 1.807) is 17.8 Å². The maximum atomic E-state index is 11.9. The van der Waals surface area contributed by atoms with Crippen LogP contribution in [0, 0.1) is 0 Å². The Labute approximate surface area is 212 Å². The lowest BCUT2D eigenvalue weighted by molar-refractivity contribution is -0.122. The molecule has 6 N–H and O–H groups in total. The fraction of sp³-hybridized carbons (Fsp3) is 0.545. The molecule has 3 heterocycles. The predicted octanol–water partition coefficient (Wildman–Crippen LogP) is 0.449. The van der Waals surface area contributed by atoms with Gasteiger partial charge in [0.05, 0.1) is 30.2 Å². The molecule has 0 radical (unpaired) electrons. The first-order chi connectivity index (χ1) is 16.9. The number of aromatic nitrogens is 6. The number of carbonyl (C=O) groups is 2. The van der Waals surface area contributed by atoms with Gasteiger partial charge in [-0.05, 0) is 19.3 Å². The average Bonchev–Trinajstić information content (AvgIpc) is 3.63. The highest BCUT2D eigenvalue weighted by Gasteiger charge is 2.43. The van der Waals surface area contributed by atoms with Gasteiger partial charge in [0.1, 0.15) is 12.2 Å². The number of hydrogen-bond acceptors (Lipinski definition) is 9. The molecule has 2 amide bonds. The third kappa shape index (κ3) is 4.73. The van der Waals surface area contributed by atoms with Gasteiger partial charge in [-0.15, -0.1) is 12.4 Å². The van der Waals surface area contributed by atoms with Crippen LogP contribution >= 0.6 is 12.4 Å². The minimum absolute atomic E-state index is 0. The Morgan fingerprint density at radius 3 is 2.61 bits per heavy atom. The zero-order chi connectivity index (χ0) is 24.7. The summed E-state index contributed by atoms with van der Waals surface area (Å²) in [6.07, 6.45) is 6.97. The van der Waals surface area contributed by atoms with Crippen molar-refractivity contribution in [2.45, 2.75) is 75.8 Å². The van der Waals surface area contributed by atoms with Crippen molar-refractivity contribution in [2.24, 2.45) is 5.73 Å². The molecule has 13 nitrogen and oxygen atoms in total. The highest BCUT2D eigenvalue weighted by molar-refractivity contribution is 5.92. The molecule has 36 heavy (non-hydrogen) atoms. The summed E-state index contributed by atoms with van der Waals surface area (Å²) >= 11 is 0. The standard InChI is InChI=1S/C22H29N9O4.ClH/c1-2-15(32)27-13-7-14(18(34)17(13)33)30-10-24-16-20(26-12-5-3-4-6-12)28-22(29-21(16)30)31-9-11(8-25-31)19(23)35;/h8-10,12-14,17-18,33-34H,2-7H2,1H3,(H2,23,35)(H,27,32)(H,26,28,29);1H/t13-,14+,17+,18-;/m0./s1. The summed E-state index contributed by atoms with van der Waals surface area (Å²) in [5.41, 5.74) is 6.54. The molecular weight excluding hydrogens is 490 g/mol. The van der Waals surface area contributed by atoms with E-state index in [4.69, 9.17) is 5.73 Å². The normalized spacial score (nSPS) is 24.1. The summed E-state index contributed by atoms with van der Waals surface area (Å²) in [5.74, 6) is -0.0874. The summed E-state index contributed by atoms with van der Waals surface area (Å²) in [4.78, 5) is 37.2. The highest BCUT2D eigenvalue weighted by Crippen LogP contribution is 2.35. The largest absolute Gasteiger partial charge is 0.388 e. The van der Waals surface area contributed by atoms with Gasteiger partial charge < -0.3 is 31.1 Å². The van der Waals surface area contributed by atoms with Gasteiger partial charge in [-0.1, -0.05) is 19.8 Å². The van der Waals surface area contributed by atoms with Gasteiger partial charge in [0, 0.05) is 18.7 Å². The molecule has 2 aliphatic rings. The van der Waals surface area contributed by atoms with E-state index in [1.807, 2.05) is 0 Å². The number of fused-ring (bicyclic) bond motifs is 1. The Kier molecular flexibility index (Phi) is 7.43. The fourth-order valence-electron chi connectivity index (χ4n) is 4.91. The van der Waals surface area contributed by atoms with Gasteiger partial charge in [-0.2, -0.15) is 15.1 Å². The van der Waals surface area contributed by atoms with Crippen LogP contribution in [0.5, 0.6) is 0 Å². The van der Waals surface area contributed by atoms with Crippen LogP contribution in [0.4, 0.5) is 5.82 Å². The number of nitrogens with one attached hydrogen (secondary N) is 2. The summed E-state index contributed by atoms with van der Waals surface area (Å²) in [6.45, 7) is 1.73. The second-order valence-electron chi connectivity index (χ2n) is 9.17. The van der Waals surface area contributed by atoms with Crippen molar-refractivity contribution in [3.05, 3.63) is 24.3 Å². The van der Waals surface area contributed by atoms with E-state index in [2.05, 4.69) is 30.7 Å². The molecule has 2 saturated carbocycles. The molecule has 14 heteroatoms. The number of rotatable bonds is 7. The third-order valence-corrected chi connectivity index (χ3v) is 6.85. The smallest absolute Gasteiger partial charge is 0.254 e. The zero-order valence-electron chi connectivity index (χ0n) is 19.7. The predicted molar refractivity (Wildman–Crippen MR) is 132 cm³/mol. The Hall–Kier alpha value is -3.29. The average molecular weight is 520 g/mol. The van der Waals surface area contributed by atoms with Gasteiger partial charge in [0.25, 0.3) is 11.9 Å². The third-order valence-electron chi connectivity index (χ3n) is 6.85. The SMILES string of the molecule is CCC(=O)N[C@H]1C[C@@H](n2cnc3c(NC4CCCC4)nc(-n4cc(C(N)=O)cn4)nc32)[C@H](O)[C@@H]1O.Cl. The number of carbonyl (C=O) groups excluding carboxylic acids is 2. The van der Waals surface area contributed by atoms with Gasteiger partial charge in [0.15, 0.2) is 17.0 Å². The highest BCUT2D eigenvalue weighted by atomic mass is 35.5. The number of aliphatic hydroxyl groups is 2. The monoisotopic (exact) mass is 519 g/mol. The molecule has 0 aromatic carbocycles. The first-order valence-electron chi connectivity index (χ1n) is 11.9. The number of imidazole rings is 1. The molecule has 3 aromatic heterocycles. The minimum atomic E-state index is -1.13. The van der Waals surface area contributed by atoms with Crippen LogP contribution in [0.1, 0.15) is 61.8 Å². The van der Waals surface area contributed by atoms with E-state index in [1.165, 1.54) is 17.1 Å². The molecule has 5 rings (SSSR count). The van der Waals surface area contributed by atoms with Crippen molar-refractivity contribution in [1.82, 2.24) is 34.6 Å². The molecule has 194 valence electrons. The summed E-state index contributed by atoms with van der Waals surface area (Å²) < 4.78 is 3.06. The number of amides is 2. The summed E-state index contributed by atoms with van der Waals surface area (Å²) in [6, 6.07) is -0.919. The second kappa shape index (κ2) is 10.4. The number of primary amides is 1. The summed E-state index contributed by atoms with van der Waals surface area (Å²) in [7, 11) is 0. The maximum Gasteiger partial charge on any atom is 0.254 e. The zero-order valence-corrected chi connectivity index (χ0v) is 20.6. The number of anilines is 1. The topological polar surface area (TPSA) is 186 Å². The first-order valence-corrected chi connectivity index (χ1v) is 11.9. The van der Waals surface area contributed by atoms with Crippen molar-refractivity contribution in [3.63, 3.8) is 0 Å². The van der Waals surface area contributed by atoms with Crippen LogP contribution in [0.2, 0.25) is 0 Å². The minimum Gasteiger partial charge on any atom is -0.388 e. The van der Waals surface area contributed by atoms with Crippen molar-refractivity contribution < 1.29 is 19.8 Å². The second-order valence-corrected chi connectivity index (χ2v) is 9.17. The van der Waals surface area contributed by atoms with Crippen LogP contribution in [-0.4, -0.2) is 75.6 Å². The Morgan fingerprint density at radius 2 is 1.94 bits per heavy atom. The molecule has 0 spiro atoms. The Morgan fingerprint density at radius 1 is 1.19 bits per heavy atom. The lowest BCUT2D eigenvalue weighted by Gasteiger charge is -2.19. The van der Waals surface area contributed by atoms with Gasteiger partial charge in [-0.3, -0.25) is 9.59 Å². The van der Waals surface area contributed by atoms with Crippen LogP contribution in [0.15, 0.2) is 18.7 Å². The van der Waals surface area contributed by atoms with E-state index < -0.39 is 30.2 Å². The fourth-order valence-corrected chi connectivity index (χ4v) is 4.91. The molecule has 2 aliphatic carbocycles. The molecular formula is C22H30ClN9O4. The van der Waals surface area contributed by atoms with Crippen molar-refractivity contribution in [2.75, 3.05) is 5.32 Å². The molecule has 3 aromatic rings. The lowest BCUT2D eigenvalue weighted by atomic mass is 10.2. The Bertz CT molecular complexity index is 1260. The molecule has 4 atom stereocenters. The van der Waals surface area contributed by atoms with E-state index in [0.717, 1.165) is 25.7 Å². The van der Waals surface area contributed by atoms with Crippen LogP contribution < -0.4 is 16.4 Å². The number of hydrogen-bond donors (Lipinski definition) is 5. The first kappa shape index (κ1) is 25.8. The number of nitrogens with two attached hydrogens (primary N) is 1. The van der Waals surface area contributed by atoms with E-state index >= 15 is 0 Å². The maximum absolute atomic E-state index is 11.9. The molecule has 2 fully saturated rings. The Balaban J connectivity index is 0.00000304. The van der Waals surface area contributed by atoms with Crippen LogP contribution in [0.3, 0.4) is 0 Å². The summed E-state index contributed by atoms with van der Waals surface area (Å²) in [5, 5.41) is 31.8. The van der Waals surface area contributed by atoms with Crippen molar-refractivity contribution in [1.29, 1.82) is 0 Å². The quantitative estimate of drug-likeness (QED) is 0.295. The molecule has 0 bridgehead atoms. The number of aliphatic hydroxyl groups excluding tert-OH is 2. The molecule has 0 saturated heterocycles. The molecule has 0 unspecified atom stereocenters. The van der Waals surface area contributed by atoms with E-state index in [9.17, 15) is 19.8 Å². The van der Waals surface area contributed by atoms with E-state index in [-0.39, 0.29) is 42.3 Å². The van der Waals surface area contributed by atoms with Gasteiger partial charge in [-0.25, -0.2) is 9.67 Å². The van der Waals surface area contributed by atoms with Crippen LogP contribution in [-0.2, 0) is 4.79 Å². The van der Waals surface area contributed by atoms with Crippen molar-refractivity contribution in [3.8, 4) is 5.95 Å². The number of halogens is 1. The van der Waals surface area contributed by atoms with Gasteiger partial charge >= 0.3 is 0 Å². The van der Waals surface area contributed by atoms with Gasteiger partial charge in [0.2, 0.25) is 5.91 Å². The molecule has 0 aliphatic heterocycles. The van der Waals surface area contributed by atoms with E-state index in [0.29, 0.717) is 23.4 Å².